The van der Waals surface area contributed by atoms with Crippen LogP contribution in [0.3, 0.4) is 0 Å². The minimum atomic E-state index is -1.01. The molecule has 3 aromatic rings. The summed E-state index contributed by atoms with van der Waals surface area (Å²) in [6, 6.07) is 16.6. The molecule has 0 aliphatic heterocycles. The summed E-state index contributed by atoms with van der Waals surface area (Å²) < 4.78 is 12.5. The molecule has 0 spiro atoms. The van der Waals surface area contributed by atoms with Crippen LogP contribution in [0.15, 0.2) is 81.8 Å². The van der Waals surface area contributed by atoms with E-state index in [9.17, 15) is 19.5 Å². The van der Waals surface area contributed by atoms with Gasteiger partial charge in [-0.05, 0) is 90.3 Å². The monoisotopic (exact) mass is 673 g/mol. The fourth-order valence-electron chi connectivity index (χ4n) is 3.82. The van der Waals surface area contributed by atoms with Gasteiger partial charge in [0.15, 0.2) is 11.9 Å². The van der Waals surface area contributed by atoms with E-state index in [1.165, 1.54) is 20.1 Å². The summed E-state index contributed by atoms with van der Waals surface area (Å²) in [6.07, 6.45) is 1.33. The van der Waals surface area contributed by atoms with Gasteiger partial charge in [-0.1, -0.05) is 34.1 Å². The molecule has 0 unspecified atom stereocenters. The van der Waals surface area contributed by atoms with Gasteiger partial charge in [-0.15, -0.1) is 0 Å². The van der Waals surface area contributed by atoms with E-state index in [4.69, 9.17) is 15.2 Å². The average Bonchev–Trinajstić information content (AvgIpc) is 2.91. The van der Waals surface area contributed by atoms with Gasteiger partial charge in [-0.3, -0.25) is 14.9 Å². The van der Waals surface area contributed by atoms with Gasteiger partial charge in [-0.25, -0.2) is 4.79 Å². The van der Waals surface area contributed by atoms with Crippen molar-refractivity contribution in [1.29, 1.82) is 0 Å². The molecule has 210 valence electrons. The number of ether oxygens (including phenoxy) is 2. The molecule has 0 aromatic heterocycles. The largest absolute Gasteiger partial charge is 0.506 e. The number of ketones is 1. The zero-order valence-electron chi connectivity index (χ0n) is 21.8. The molecule has 11 heteroatoms. The van der Waals surface area contributed by atoms with E-state index in [-0.39, 0.29) is 17.4 Å². The summed E-state index contributed by atoms with van der Waals surface area (Å²) in [5.41, 5.74) is 8.09. The van der Waals surface area contributed by atoms with Crippen LogP contribution in [0.5, 0.6) is 5.75 Å². The van der Waals surface area contributed by atoms with Crippen molar-refractivity contribution in [3.63, 3.8) is 0 Å². The Morgan fingerprint density at radius 1 is 1.05 bits per heavy atom. The Bertz CT molecular complexity index is 1400. The molecule has 3 aromatic carbocycles. The quantitative estimate of drug-likeness (QED) is 0.0977. The number of benzene rings is 3. The Balaban J connectivity index is 1.74. The van der Waals surface area contributed by atoms with Crippen LogP contribution in [0.1, 0.15) is 41.8 Å². The number of allylic oxidation sites excluding steroid dienone is 1. The summed E-state index contributed by atoms with van der Waals surface area (Å²) >= 11 is 6.72. The number of phenols is 1. The van der Waals surface area contributed by atoms with E-state index in [1.807, 2.05) is 0 Å². The minimum absolute atomic E-state index is 0.0939. The fraction of sp³-hybridized carbons (Fsp3) is 0.207. The van der Waals surface area contributed by atoms with E-state index in [2.05, 4.69) is 42.5 Å². The van der Waals surface area contributed by atoms with Crippen molar-refractivity contribution in [3.8, 4) is 5.75 Å². The average molecular weight is 675 g/mol. The van der Waals surface area contributed by atoms with E-state index < -0.39 is 18.3 Å². The number of hydrogen-bond donors (Lipinski definition) is 4. The lowest BCUT2D eigenvalue weighted by atomic mass is 9.99. The second kappa shape index (κ2) is 14.6. The van der Waals surface area contributed by atoms with Crippen LogP contribution in [-0.2, 0) is 14.3 Å². The predicted octanol–water partition coefficient (Wildman–Crippen LogP) is 6.98. The zero-order chi connectivity index (χ0) is 29.2. The standard InChI is InChI=1S/C29H29Br2N3O6/c1-17(35)18-11-13-20(14-12-18)33-29(38)40-28(21-15-19(30)16-22(31)27(21)37)25(39-2)9-5-6-10-26(36)34-24-8-4-3-7-23(24)32/h3-4,6-8,10-16,25,28,37H,5,9,32H2,1-2H3,(H,33,38)(H,34,36)/b10-6+/t25-,28-/m1/s1. The number of nitrogens with two attached hydrogens (primary N) is 1. The third-order valence-corrected chi connectivity index (χ3v) is 6.94. The molecule has 5 N–H and O–H groups in total. The molecule has 0 heterocycles. The van der Waals surface area contributed by atoms with Crippen LogP contribution in [0.2, 0.25) is 0 Å². The highest BCUT2D eigenvalue weighted by Crippen LogP contribution is 2.39. The summed E-state index contributed by atoms with van der Waals surface area (Å²) in [6.45, 7) is 1.45. The van der Waals surface area contributed by atoms with E-state index in [1.54, 1.807) is 66.7 Å². The molecule has 0 aliphatic rings. The number of anilines is 3. The first-order valence-corrected chi connectivity index (χ1v) is 13.8. The minimum Gasteiger partial charge on any atom is -0.506 e. The van der Waals surface area contributed by atoms with Gasteiger partial charge in [0.2, 0.25) is 5.91 Å². The number of rotatable bonds is 11. The molecule has 2 amide bonds. The number of nitrogens with one attached hydrogen (secondary N) is 2. The highest BCUT2D eigenvalue weighted by atomic mass is 79.9. The van der Waals surface area contributed by atoms with Crippen molar-refractivity contribution in [2.45, 2.75) is 32.0 Å². The highest BCUT2D eigenvalue weighted by molar-refractivity contribution is 9.11. The summed E-state index contributed by atoms with van der Waals surface area (Å²) in [4.78, 5) is 36.7. The van der Waals surface area contributed by atoms with E-state index >= 15 is 0 Å². The van der Waals surface area contributed by atoms with Crippen molar-refractivity contribution in [2.75, 3.05) is 23.5 Å². The molecule has 9 nitrogen and oxygen atoms in total. The molecule has 2 atom stereocenters. The molecule has 40 heavy (non-hydrogen) atoms. The molecule has 0 bridgehead atoms. The third-order valence-electron chi connectivity index (χ3n) is 5.88. The molecule has 0 saturated heterocycles. The lowest BCUT2D eigenvalue weighted by molar-refractivity contribution is -0.111. The Kier molecular flexibility index (Phi) is 11.3. The van der Waals surface area contributed by atoms with Crippen molar-refractivity contribution in [2.24, 2.45) is 0 Å². The Labute approximate surface area is 249 Å². The van der Waals surface area contributed by atoms with E-state index in [0.717, 1.165) is 0 Å². The number of halogens is 2. The number of hydrogen-bond acceptors (Lipinski definition) is 7. The van der Waals surface area contributed by atoms with Crippen molar-refractivity contribution >= 4 is 66.7 Å². The van der Waals surface area contributed by atoms with Gasteiger partial charge in [-0.2, -0.15) is 0 Å². The van der Waals surface area contributed by atoms with Gasteiger partial charge < -0.3 is 25.6 Å². The maximum absolute atomic E-state index is 12.9. The zero-order valence-corrected chi connectivity index (χ0v) is 25.0. The van der Waals surface area contributed by atoms with Crippen LogP contribution in [0.4, 0.5) is 21.9 Å². The number of aromatic hydroxyl groups is 1. The molecular formula is C29H29Br2N3O6. The van der Waals surface area contributed by atoms with Gasteiger partial charge in [0.05, 0.1) is 22.0 Å². The van der Waals surface area contributed by atoms with Crippen LogP contribution in [0.25, 0.3) is 0 Å². The molecule has 0 aliphatic carbocycles. The Morgan fingerprint density at radius 3 is 2.40 bits per heavy atom. The van der Waals surface area contributed by atoms with Crippen molar-refractivity contribution in [3.05, 3.63) is 92.9 Å². The van der Waals surface area contributed by atoms with Crippen LogP contribution in [0, 0.1) is 0 Å². The van der Waals surface area contributed by atoms with E-state index in [0.29, 0.717) is 50.0 Å². The SMILES string of the molecule is CO[C@H](CC/C=C/C(=O)Nc1ccccc1N)[C@H](OC(=O)Nc1ccc(C(C)=O)cc1)c1cc(Br)cc(Br)c1O. The number of carbonyl (C=O) groups is 3. The lowest BCUT2D eigenvalue weighted by Crippen LogP contribution is -2.28. The predicted molar refractivity (Wildman–Crippen MR) is 161 cm³/mol. The molecule has 3 rings (SSSR count). The number of nitrogen functional groups attached to an aromatic ring is 1. The fourth-order valence-corrected chi connectivity index (χ4v) is 5.08. The van der Waals surface area contributed by atoms with Gasteiger partial charge in [0.1, 0.15) is 5.75 Å². The first-order valence-electron chi connectivity index (χ1n) is 12.2. The second-order valence-electron chi connectivity index (χ2n) is 8.74. The number of Topliss-reactive ketones (excluding diaryl/α,β-unsaturated/α-hetero) is 1. The number of phenolic OH excluding ortho intramolecular Hbond substituents is 1. The topological polar surface area (TPSA) is 140 Å². The first-order chi connectivity index (χ1) is 19.1. The smallest absolute Gasteiger partial charge is 0.412 e. The molecule has 0 fully saturated rings. The first kappa shape index (κ1) is 30.9. The normalized spacial score (nSPS) is 12.5. The maximum Gasteiger partial charge on any atom is 0.412 e. The molecule has 0 saturated carbocycles. The Hall–Kier alpha value is -3.67. The van der Waals surface area contributed by atoms with Crippen LogP contribution >= 0.6 is 31.9 Å². The maximum atomic E-state index is 12.9. The third kappa shape index (κ3) is 8.67. The lowest BCUT2D eigenvalue weighted by Gasteiger charge is -2.27. The van der Waals surface area contributed by atoms with Crippen LogP contribution in [-0.4, -0.2) is 36.1 Å². The van der Waals surface area contributed by atoms with Crippen LogP contribution < -0.4 is 16.4 Å². The van der Waals surface area contributed by atoms with Gasteiger partial charge in [0, 0.05) is 28.4 Å². The number of carbonyl (C=O) groups excluding carboxylic acids is 3. The number of methoxy groups -OCH3 is 1. The summed E-state index contributed by atoms with van der Waals surface area (Å²) in [5, 5.41) is 16.1. The summed E-state index contributed by atoms with van der Waals surface area (Å²) in [5.74, 6) is -0.545. The van der Waals surface area contributed by atoms with Gasteiger partial charge in [0.25, 0.3) is 0 Å². The van der Waals surface area contributed by atoms with Crippen molar-refractivity contribution < 1.29 is 29.0 Å². The number of amides is 2. The molecule has 0 radical (unpaired) electrons. The highest BCUT2D eigenvalue weighted by Gasteiger charge is 2.30. The van der Waals surface area contributed by atoms with Gasteiger partial charge >= 0.3 is 6.09 Å². The van der Waals surface area contributed by atoms with Crippen molar-refractivity contribution in [1.82, 2.24) is 0 Å². The second-order valence-corrected chi connectivity index (χ2v) is 10.5. The number of para-hydroxylation sites is 2. The Morgan fingerprint density at radius 2 is 1.75 bits per heavy atom. The molecular weight excluding hydrogens is 646 g/mol. The summed E-state index contributed by atoms with van der Waals surface area (Å²) in [7, 11) is 1.47.